The number of amides is 1. The monoisotopic (exact) mass is 336 g/mol. The number of likely N-dealkylation sites (tertiary alicyclic amines) is 1. The molecule has 1 aliphatic heterocycles. The van der Waals surface area contributed by atoms with Crippen LogP contribution in [0.2, 0.25) is 0 Å². The highest BCUT2D eigenvalue weighted by Gasteiger charge is 2.35. The second-order valence-corrected chi connectivity index (χ2v) is 7.14. The Balaban J connectivity index is 2.00. The Bertz CT molecular complexity index is 431. The summed E-state index contributed by atoms with van der Waals surface area (Å²) in [5.74, 6) is -0.148. The van der Waals surface area contributed by atoms with Gasteiger partial charge in [-0.2, -0.15) is 0 Å². The fourth-order valence-corrected chi connectivity index (χ4v) is 2.98. The molecule has 0 spiro atoms. The first-order valence-electron chi connectivity index (χ1n) is 7.56. The Kier molecular flexibility index (Phi) is 8.83. The first-order chi connectivity index (χ1) is 10.4. The van der Waals surface area contributed by atoms with E-state index in [9.17, 15) is 13.2 Å². The van der Waals surface area contributed by atoms with Crippen LogP contribution in [0.1, 0.15) is 6.42 Å². The van der Waals surface area contributed by atoms with Gasteiger partial charge in [-0.05, 0) is 0 Å². The van der Waals surface area contributed by atoms with Gasteiger partial charge < -0.3 is 26.6 Å². The van der Waals surface area contributed by atoms with E-state index in [4.69, 9.17) is 10.9 Å². The zero-order valence-corrected chi connectivity index (χ0v) is 13.7. The van der Waals surface area contributed by atoms with Crippen molar-refractivity contribution in [1.82, 2.24) is 20.9 Å². The summed E-state index contributed by atoms with van der Waals surface area (Å²) in [6, 6.07) is 0. The van der Waals surface area contributed by atoms with E-state index in [0.717, 1.165) is 32.7 Å². The smallest absolute Gasteiger partial charge is 0.224 e. The van der Waals surface area contributed by atoms with Crippen LogP contribution in [0.4, 0.5) is 0 Å². The van der Waals surface area contributed by atoms with E-state index in [2.05, 4.69) is 16.0 Å². The fraction of sp³-hybridized carbons (Fsp3) is 0.917. The van der Waals surface area contributed by atoms with Crippen molar-refractivity contribution in [3.63, 3.8) is 0 Å². The molecule has 1 aliphatic rings. The van der Waals surface area contributed by atoms with Crippen LogP contribution in [0.15, 0.2) is 0 Å². The molecule has 7 N–H and O–H groups in total. The lowest BCUT2D eigenvalue weighted by molar-refractivity contribution is -0.127. The van der Waals surface area contributed by atoms with E-state index in [0.29, 0.717) is 19.6 Å². The number of hydrogen-bond donors (Lipinski definition) is 5. The summed E-state index contributed by atoms with van der Waals surface area (Å²) < 4.78 is 22.5. The van der Waals surface area contributed by atoms with Gasteiger partial charge >= 0.3 is 0 Å². The maximum absolute atomic E-state index is 11.7. The third kappa shape index (κ3) is 7.47. The molecule has 1 heterocycles. The summed E-state index contributed by atoms with van der Waals surface area (Å²) in [5, 5.41) is 14.0. The molecular weight excluding hydrogens is 308 g/mol. The quantitative estimate of drug-likeness (QED) is 0.234. The normalized spacial score (nSPS) is 19.1. The number of nitrogens with two attached hydrogens (primary N) is 2. The molecule has 0 aromatic rings. The molecule has 0 aromatic carbocycles. The maximum atomic E-state index is 11.7. The first kappa shape index (κ1) is 19.3. The molecule has 1 rings (SSSR count). The molecule has 1 amide bonds. The van der Waals surface area contributed by atoms with Gasteiger partial charge in [-0.15, -0.1) is 0 Å². The molecular formula is C12H28N6O3S. The molecule has 0 aliphatic carbocycles. The van der Waals surface area contributed by atoms with Gasteiger partial charge in [0.15, 0.2) is 0 Å². The minimum absolute atomic E-state index is 0.00378. The average Bonchev–Trinajstić information content (AvgIpc) is 2.82. The standard InChI is InChI=1S/C12H28N6O3S/c13-1-2-15-3-4-16-5-6-17-7-8-18-10-11(9-12(18)19)22(14,20)21/h11,15-17H,1-10,13H2,(H2,14,20,21). The highest BCUT2D eigenvalue weighted by Crippen LogP contribution is 2.15. The van der Waals surface area contributed by atoms with Crippen LogP contribution in [0, 0.1) is 0 Å². The summed E-state index contributed by atoms with van der Waals surface area (Å²) in [4.78, 5) is 13.2. The van der Waals surface area contributed by atoms with E-state index in [-0.39, 0.29) is 18.9 Å². The van der Waals surface area contributed by atoms with Gasteiger partial charge in [-0.25, -0.2) is 13.6 Å². The number of hydrogen-bond acceptors (Lipinski definition) is 7. The number of rotatable bonds is 12. The van der Waals surface area contributed by atoms with Crippen molar-refractivity contribution in [2.24, 2.45) is 10.9 Å². The third-order valence-corrected chi connectivity index (χ3v) is 4.73. The summed E-state index contributed by atoms with van der Waals surface area (Å²) in [5.41, 5.74) is 5.36. The van der Waals surface area contributed by atoms with Gasteiger partial charge in [0.25, 0.3) is 0 Å². The van der Waals surface area contributed by atoms with Gasteiger partial charge in [0.2, 0.25) is 15.9 Å². The van der Waals surface area contributed by atoms with Crippen molar-refractivity contribution in [2.45, 2.75) is 11.7 Å². The molecule has 0 bridgehead atoms. The number of nitrogens with zero attached hydrogens (tertiary/aromatic N) is 1. The Labute approximate surface area is 132 Å². The van der Waals surface area contributed by atoms with Crippen molar-refractivity contribution in [2.75, 3.05) is 58.9 Å². The van der Waals surface area contributed by atoms with E-state index in [1.54, 1.807) is 4.90 Å². The lowest BCUT2D eigenvalue weighted by atomic mass is 10.4. The second-order valence-electron chi connectivity index (χ2n) is 5.29. The number of nitrogens with one attached hydrogen (secondary N) is 3. The minimum Gasteiger partial charge on any atom is -0.340 e. The molecule has 10 heteroatoms. The predicted molar refractivity (Wildman–Crippen MR) is 85.8 cm³/mol. The summed E-state index contributed by atoms with van der Waals surface area (Å²) in [7, 11) is -3.63. The Morgan fingerprint density at radius 3 is 2.09 bits per heavy atom. The Hall–Kier alpha value is -0.780. The van der Waals surface area contributed by atoms with Gasteiger partial charge in [0.1, 0.15) is 5.25 Å². The van der Waals surface area contributed by atoms with Crippen LogP contribution in [-0.4, -0.2) is 83.4 Å². The van der Waals surface area contributed by atoms with Crippen molar-refractivity contribution in [3.05, 3.63) is 0 Å². The molecule has 22 heavy (non-hydrogen) atoms. The average molecular weight is 336 g/mol. The molecule has 1 atom stereocenters. The zero-order chi connectivity index (χ0) is 16.4. The predicted octanol–water partition coefficient (Wildman–Crippen LogP) is -3.40. The Morgan fingerprint density at radius 1 is 1.05 bits per heavy atom. The molecule has 0 saturated carbocycles. The highest BCUT2D eigenvalue weighted by molar-refractivity contribution is 7.89. The second kappa shape index (κ2) is 10.1. The van der Waals surface area contributed by atoms with E-state index in [1.807, 2.05) is 0 Å². The van der Waals surface area contributed by atoms with Crippen LogP contribution in [0.5, 0.6) is 0 Å². The first-order valence-corrected chi connectivity index (χ1v) is 9.17. The fourth-order valence-electron chi connectivity index (χ4n) is 2.22. The van der Waals surface area contributed by atoms with Gasteiger partial charge in [-0.3, -0.25) is 4.79 Å². The molecule has 9 nitrogen and oxygen atoms in total. The molecule has 0 aromatic heterocycles. The van der Waals surface area contributed by atoms with Crippen molar-refractivity contribution < 1.29 is 13.2 Å². The van der Waals surface area contributed by atoms with Gasteiger partial charge in [-0.1, -0.05) is 0 Å². The molecule has 130 valence electrons. The van der Waals surface area contributed by atoms with Crippen LogP contribution in [-0.2, 0) is 14.8 Å². The van der Waals surface area contributed by atoms with Crippen LogP contribution in [0.3, 0.4) is 0 Å². The van der Waals surface area contributed by atoms with Crippen LogP contribution >= 0.6 is 0 Å². The minimum atomic E-state index is -3.63. The zero-order valence-electron chi connectivity index (χ0n) is 12.9. The largest absolute Gasteiger partial charge is 0.340 e. The SMILES string of the molecule is NCCNCCNCCNCCN1CC(S(N)(=O)=O)CC1=O. The summed E-state index contributed by atoms with van der Waals surface area (Å²) >= 11 is 0. The lowest BCUT2D eigenvalue weighted by Crippen LogP contribution is -2.38. The van der Waals surface area contributed by atoms with Crippen LogP contribution < -0.4 is 26.8 Å². The van der Waals surface area contributed by atoms with E-state index in [1.165, 1.54) is 0 Å². The van der Waals surface area contributed by atoms with Crippen molar-refractivity contribution in [1.29, 1.82) is 0 Å². The number of sulfonamides is 1. The Morgan fingerprint density at radius 2 is 1.59 bits per heavy atom. The highest BCUT2D eigenvalue weighted by atomic mass is 32.2. The summed E-state index contributed by atoms with van der Waals surface area (Å²) in [6.45, 7) is 6.18. The lowest BCUT2D eigenvalue weighted by Gasteiger charge is -2.16. The van der Waals surface area contributed by atoms with E-state index >= 15 is 0 Å². The van der Waals surface area contributed by atoms with Crippen LogP contribution in [0.25, 0.3) is 0 Å². The number of carbonyl (C=O) groups is 1. The number of primary sulfonamides is 1. The van der Waals surface area contributed by atoms with Crippen molar-refractivity contribution in [3.8, 4) is 0 Å². The van der Waals surface area contributed by atoms with E-state index < -0.39 is 15.3 Å². The van der Waals surface area contributed by atoms with Gasteiger partial charge in [0.05, 0.1) is 0 Å². The topological polar surface area (TPSA) is 143 Å². The summed E-state index contributed by atoms with van der Waals surface area (Å²) in [6.07, 6.45) is -0.00378. The van der Waals surface area contributed by atoms with Gasteiger partial charge in [0, 0.05) is 65.3 Å². The molecule has 0 radical (unpaired) electrons. The molecule has 1 fully saturated rings. The molecule has 1 unspecified atom stereocenters. The molecule has 1 saturated heterocycles. The third-order valence-electron chi connectivity index (χ3n) is 3.48. The number of carbonyl (C=O) groups excluding carboxylic acids is 1. The van der Waals surface area contributed by atoms with Crippen molar-refractivity contribution >= 4 is 15.9 Å². The maximum Gasteiger partial charge on any atom is 0.224 e.